The van der Waals surface area contributed by atoms with Crippen molar-refractivity contribution in [3.05, 3.63) is 39.8 Å². The fourth-order valence-electron chi connectivity index (χ4n) is 5.34. The first-order chi connectivity index (χ1) is 15.9. The molecular weight excluding hydrogens is 454 g/mol. The van der Waals surface area contributed by atoms with Gasteiger partial charge in [-0.25, -0.2) is 22.7 Å². The van der Waals surface area contributed by atoms with E-state index in [1.165, 1.54) is 27.7 Å². The van der Waals surface area contributed by atoms with Gasteiger partial charge in [-0.05, 0) is 113 Å². The third kappa shape index (κ3) is 5.24. The standard InChI is InChI=1S/C25H35N3O5S/c1-24(2,3)33-23(30)28-14-7-12-25(28,4)13-15-34(31,32)27-22(29)26-21-16-17-8-5-9-18(17)19-10-6-11-20(19)21/h13,15-16H,5-12,14H2,1-4H3,(H2,26,27,29). The molecule has 3 aliphatic rings. The number of nitrogens with one attached hydrogen (secondary N) is 2. The van der Waals surface area contributed by atoms with E-state index in [9.17, 15) is 18.0 Å². The molecule has 1 atom stereocenters. The zero-order valence-electron chi connectivity index (χ0n) is 20.5. The topological polar surface area (TPSA) is 105 Å². The zero-order valence-corrected chi connectivity index (χ0v) is 21.3. The van der Waals surface area contributed by atoms with Crippen molar-refractivity contribution in [3.63, 3.8) is 0 Å². The Morgan fingerprint density at radius 1 is 1.06 bits per heavy atom. The van der Waals surface area contributed by atoms with Crippen molar-refractivity contribution >= 4 is 27.8 Å². The molecule has 1 aliphatic heterocycles. The van der Waals surface area contributed by atoms with E-state index in [2.05, 4.69) is 10.0 Å². The molecule has 1 aromatic carbocycles. The fourth-order valence-corrected chi connectivity index (χ4v) is 6.19. The summed E-state index contributed by atoms with van der Waals surface area (Å²) in [6.07, 6.45) is 8.48. The third-order valence-corrected chi connectivity index (χ3v) is 7.84. The average Bonchev–Trinajstić information content (AvgIpc) is 3.43. The van der Waals surface area contributed by atoms with Gasteiger partial charge < -0.3 is 10.1 Å². The van der Waals surface area contributed by atoms with E-state index in [1.54, 1.807) is 27.7 Å². The number of carbonyl (C=O) groups is 2. The number of fused-ring (bicyclic) bond motifs is 3. The first-order valence-corrected chi connectivity index (χ1v) is 13.6. The second-order valence-electron chi connectivity index (χ2n) is 10.7. The van der Waals surface area contributed by atoms with Crippen molar-refractivity contribution in [1.29, 1.82) is 0 Å². The molecule has 1 aromatic rings. The van der Waals surface area contributed by atoms with Crippen molar-refractivity contribution in [1.82, 2.24) is 9.62 Å². The largest absolute Gasteiger partial charge is 0.444 e. The number of hydrogen-bond acceptors (Lipinski definition) is 5. The SMILES string of the molecule is CC(C)(C)OC(=O)N1CCCC1(C)C=CS(=O)(=O)NC(=O)Nc1cc2c(c3c1CCC3)CCC2. The molecule has 3 amide bonds. The fraction of sp³-hybridized carbons (Fsp3) is 0.600. The van der Waals surface area contributed by atoms with Crippen molar-refractivity contribution < 1.29 is 22.7 Å². The van der Waals surface area contributed by atoms with Crippen LogP contribution in [0.1, 0.15) is 75.6 Å². The molecule has 0 bridgehead atoms. The lowest BCUT2D eigenvalue weighted by Crippen LogP contribution is -2.46. The number of amides is 3. The molecule has 2 aliphatic carbocycles. The van der Waals surface area contributed by atoms with Crippen LogP contribution in [0, 0.1) is 0 Å². The summed E-state index contributed by atoms with van der Waals surface area (Å²) in [5.41, 5.74) is 4.41. The molecule has 0 spiro atoms. The van der Waals surface area contributed by atoms with Gasteiger partial charge in [0.05, 0.1) is 5.54 Å². The lowest BCUT2D eigenvalue weighted by Gasteiger charge is -2.34. The van der Waals surface area contributed by atoms with E-state index in [0.29, 0.717) is 18.7 Å². The number of likely N-dealkylation sites (tertiary alicyclic amines) is 1. The smallest absolute Gasteiger partial charge is 0.410 e. The number of ether oxygens (including phenoxy) is 1. The number of carbonyl (C=O) groups excluding carboxylic acids is 2. The molecule has 4 rings (SSSR count). The normalized spacial score (nSPS) is 22.1. The summed E-state index contributed by atoms with van der Waals surface area (Å²) in [5, 5.41) is 3.75. The van der Waals surface area contributed by atoms with Crippen LogP contribution in [0.3, 0.4) is 0 Å². The first kappa shape index (κ1) is 24.6. The summed E-state index contributed by atoms with van der Waals surface area (Å²) < 4.78 is 32.9. The number of sulfonamides is 1. The van der Waals surface area contributed by atoms with Gasteiger partial charge in [0, 0.05) is 17.6 Å². The summed E-state index contributed by atoms with van der Waals surface area (Å²) in [7, 11) is -4.06. The molecule has 0 aromatic heterocycles. The van der Waals surface area contributed by atoms with E-state index in [0.717, 1.165) is 55.9 Å². The van der Waals surface area contributed by atoms with Gasteiger partial charge in [0.15, 0.2) is 0 Å². The van der Waals surface area contributed by atoms with Gasteiger partial charge in [-0.15, -0.1) is 0 Å². The highest BCUT2D eigenvalue weighted by Crippen LogP contribution is 2.38. The number of benzene rings is 1. The summed E-state index contributed by atoms with van der Waals surface area (Å²) in [4.78, 5) is 26.7. The van der Waals surface area contributed by atoms with E-state index in [1.807, 2.05) is 6.07 Å². The second kappa shape index (κ2) is 8.91. The highest BCUT2D eigenvalue weighted by Gasteiger charge is 2.40. The summed E-state index contributed by atoms with van der Waals surface area (Å²) in [5.74, 6) is 0. The van der Waals surface area contributed by atoms with E-state index >= 15 is 0 Å². The average molecular weight is 490 g/mol. The lowest BCUT2D eigenvalue weighted by molar-refractivity contribution is 0.0169. The molecular formula is C25H35N3O5S. The highest BCUT2D eigenvalue weighted by molar-refractivity contribution is 7.92. The van der Waals surface area contributed by atoms with Crippen molar-refractivity contribution in [3.8, 4) is 0 Å². The molecule has 1 saturated heterocycles. The van der Waals surface area contributed by atoms with E-state index in [4.69, 9.17) is 4.74 Å². The molecule has 0 saturated carbocycles. The number of rotatable bonds is 4. The number of aryl methyl sites for hydroxylation is 1. The zero-order chi connectivity index (χ0) is 24.7. The Bertz CT molecular complexity index is 1140. The van der Waals surface area contributed by atoms with Crippen LogP contribution in [-0.4, -0.2) is 43.1 Å². The number of hydrogen-bond donors (Lipinski definition) is 2. The van der Waals surface area contributed by atoms with Gasteiger partial charge in [-0.1, -0.05) is 0 Å². The Labute approximate surface area is 202 Å². The van der Waals surface area contributed by atoms with Crippen LogP contribution in [0.4, 0.5) is 15.3 Å². The Morgan fingerprint density at radius 3 is 2.47 bits per heavy atom. The minimum absolute atomic E-state index is 0.479. The first-order valence-electron chi connectivity index (χ1n) is 12.1. The monoisotopic (exact) mass is 489 g/mol. The maximum absolute atomic E-state index is 12.7. The number of anilines is 1. The minimum Gasteiger partial charge on any atom is -0.444 e. The third-order valence-electron chi connectivity index (χ3n) is 6.87. The molecule has 9 heteroatoms. The summed E-state index contributed by atoms with van der Waals surface area (Å²) in [6.45, 7) is 7.64. The molecule has 2 N–H and O–H groups in total. The maximum atomic E-state index is 12.7. The highest BCUT2D eigenvalue weighted by atomic mass is 32.2. The van der Waals surface area contributed by atoms with E-state index < -0.39 is 33.3 Å². The van der Waals surface area contributed by atoms with Gasteiger partial charge in [0.25, 0.3) is 10.0 Å². The van der Waals surface area contributed by atoms with Crippen molar-refractivity contribution in [2.75, 3.05) is 11.9 Å². The molecule has 8 nitrogen and oxygen atoms in total. The van der Waals surface area contributed by atoms with Crippen molar-refractivity contribution in [2.45, 2.75) is 90.2 Å². The van der Waals surface area contributed by atoms with Crippen LogP contribution < -0.4 is 10.0 Å². The number of nitrogens with zero attached hydrogens (tertiary/aromatic N) is 1. The van der Waals surface area contributed by atoms with Crippen LogP contribution in [0.15, 0.2) is 17.6 Å². The van der Waals surface area contributed by atoms with Gasteiger partial charge >= 0.3 is 12.1 Å². The summed E-state index contributed by atoms with van der Waals surface area (Å²) in [6, 6.07) is 1.23. The summed E-state index contributed by atoms with van der Waals surface area (Å²) >= 11 is 0. The molecule has 0 radical (unpaired) electrons. The predicted octanol–water partition coefficient (Wildman–Crippen LogP) is 4.42. The molecule has 1 fully saturated rings. The van der Waals surface area contributed by atoms with Gasteiger partial charge in [0.2, 0.25) is 0 Å². The molecule has 1 unspecified atom stereocenters. The van der Waals surface area contributed by atoms with Crippen LogP contribution >= 0.6 is 0 Å². The molecule has 1 heterocycles. The van der Waals surface area contributed by atoms with Gasteiger partial charge in [0.1, 0.15) is 5.60 Å². The Kier molecular flexibility index (Phi) is 6.44. The van der Waals surface area contributed by atoms with Crippen LogP contribution in [-0.2, 0) is 40.4 Å². The Morgan fingerprint density at radius 2 is 1.74 bits per heavy atom. The van der Waals surface area contributed by atoms with Gasteiger partial charge in [-0.2, -0.15) is 0 Å². The predicted molar refractivity (Wildman–Crippen MR) is 131 cm³/mol. The Hall–Kier alpha value is -2.55. The van der Waals surface area contributed by atoms with Crippen molar-refractivity contribution in [2.24, 2.45) is 0 Å². The quantitative estimate of drug-likeness (QED) is 0.651. The molecule has 34 heavy (non-hydrogen) atoms. The van der Waals surface area contributed by atoms with E-state index in [-0.39, 0.29) is 0 Å². The molecule has 186 valence electrons. The van der Waals surface area contributed by atoms with Crippen LogP contribution in [0.25, 0.3) is 0 Å². The minimum atomic E-state index is -4.06. The number of urea groups is 1. The Balaban J connectivity index is 1.44. The van der Waals surface area contributed by atoms with Gasteiger partial charge in [-0.3, -0.25) is 4.90 Å². The second-order valence-corrected chi connectivity index (χ2v) is 12.3. The van der Waals surface area contributed by atoms with Crippen LogP contribution in [0.5, 0.6) is 0 Å². The maximum Gasteiger partial charge on any atom is 0.410 e. The van der Waals surface area contributed by atoms with Crippen LogP contribution in [0.2, 0.25) is 0 Å². The lowest BCUT2D eigenvalue weighted by atomic mass is 9.98.